The third-order valence-electron chi connectivity index (χ3n) is 2.20. The number of halogens is 3. The average Bonchev–Trinajstić information content (AvgIpc) is 2.70. The van der Waals surface area contributed by atoms with Crippen molar-refractivity contribution in [2.24, 2.45) is 0 Å². The zero-order valence-electron chi connectivity index (χ0n) is 8.54. The maximum atomic E-state index is 11.9. The summed E-state index contributed by atoms with van der Waals surface area (Å²) in [6.07, 6.45) is 0.299. The molecule has 0 radical (unpaired) electrons. The van der Waals surface area contributed by atoms with Crippen molar-refractivity contribution in [2.75, 3.05) is 0 Å². The quantitative estimate of drug-likeness (QED) is 0.718. The van der Waals surface area contributed by atoms with E-state index in [1.807, 2.05) is 0 Å². The van der Waals surface area contributed by atoms with Crippen LogP contribution in [-0.4, -0.2) is 5.78 Å². The van der Waals surface area contributed by atoms with Gasteiger partial charge in [0.05, 0.1) is 19.3 Å². The topological polar surface area (TPSA) is 17.1 Å². The van der Waals surface area contributed by atoms with Gasteiger partial charge in [-0.05, 0) is 29.8 Å². The van der Waals surface area contributed by atoms with Gasteiger partial charge in [0.1, 0.15) is 0 Å². The smallest absolute Gasteiger partial charge is 0.177 e. The Bertz CT molecular complexity index is 563. The van der Waals surface area contributed by atoms with Crippen LogP contribution in [0.3, 0.4) is 0 Å². The molecule has 0 amide bonds. The SMILES string of the molecule is O=C(Cc1ccc(Cl)c(Cl)c1)c1ccc(Cl)s1. The zero-order valence-corrected chi connectivity index (χ0v) is 11.6. The summed E-state index contributed by atoms with van der Waals surface area (Å²) in [5, 5.41) is 0.947. The van der Waals surface area contributed by atoms with Crippen LogP contribution in [0.15, 0.2) is 30.3 Å². The molecule has 2 rings (SSSR count). The van der Waals surface area contributed by atoms with Crippen LogP contribution in [0.2, 0.25) is 14.4 Å². The number of carbonyl (C=O) groups excluding carboxylic acids is 1. The molecular weight excluding hydrogens is 299 g/mol. The van der Waals surface area contributed by atoms with Gasteiger partial charge in [-0.15, -0.1) is 11.3 Å². The number of hydrogen-bond acceptors (Lipinski definition) is 2. The summed E-state index contributed by atoms with van der Waals surface area (Å²) in [5.74, 6) is 0.0280. The molecule has 0 aliphatic rings. The molecular formula is C12H7Cl3OS. The lowest BCUT2D eigenvalue weighted by molar-refractivity contribution is 0.0997. The molecule has 1 aromatic heterocycles. The van der Waals surface area contributed by atoms with Gasteiger partial charge in [-0.25, -0.2) is 0 Å². The maximum absolute atomic E-state index is 11.9. The van der Waals surface area contributed by atoms with Crippen molar-refractivity contribution >= 4 is 51.9 Å². The highest BCUT2D eigenvalue weighted by Gasteiger charge is 2.10. The highest BCUT2D eigenvalue weighted by Crippen LogP contribution is 2.25. The fraction of sp³-hybridized carbons (Fsp3) is 0.0833. The molecule has 17 heavy (non-hydrogen) atoms. The van der Waals surface area contributed by atoms with Crippen molar-refractivity contribution in [3.8, 4) is 0 Å². The van der Waals surface area contributed by atoms with Crippen LogP contribution in [0.4, 0.5) is 0 Å². The van der Waals surface area contributed by atoms with Crippen molar-refractivity contribution in [1.82, 2.24) is 0 Å². The van der Waals surface area contributed by atoms with E-state index >= 15 is 0 Å². The normalized spacial score (nSPS) is 10.5. The monoisotopic (exact) mass is 304 g/mol. The summed E-state index contributed by atoms with van der Waals surface area (Å²) in [6.45, 7) is 0. The molecule has 0 atom stereocenters. The number of Topliss-reactive ketones (excluding diaryl/α,β-unsaturated/α-hetero) is 1. The number of carbonyl (C=O) groups is 1. The molecule has 0 saturated carbocycles. The van der Waals surface area contributed by atoms with E-state index < -0.39 is 0 Å². The minimum Gasteiger partial charge on any atom is -0.293 e. The van der Waals surface area contributed by atoms with Crippen molar-refractivity contribution in [3.05, 3.63) is 55.2 Å². The molecule has 0 saturated heterocycles. The van der Waals surface area contributed by atoms with Crippen molar-refractivity contribution < 1.29 is 4.79 Å². The van der Waals surface area contributed by atoms with Gasteiger partial charge < -0.3 is 0 Å². The fourth-order valence-corrected chi connectivity index (χ4v) is 2.69. The molecule has 1 heterocycles. The average molecular weight is 306 g/mol. The summed E-state index contributed by atoms with van der Waals surface area (Å²) in [4.78, 5) is 12.6. The lowest BCUT2D eigenvalue weighted by Gasteiger charge is -2.01. The van der Waals surface area contributed by atoms with Crippen LogP contribution in [-0.2, 0) is 6.42 Å². The van der Waals surface area contributed by atoms with Gasteiger partial charge in [0, 0.05) is 6.42 Å². The lowest BCUT2D eigenvalue weighted by Crippen LogP contribution is -2.00. The van der Waals surface area contributed by atoms with E-state index in [2.05, 4.69) is 0 Å². The molecule has 2 aromatic rings. The second kappa shape index (κ2) is 5.40. The first-order valence-electron chi connectivity index (χ1n) is 4.79. The van der Waals surface area contributed by atoms with Crippen LogP contribution >= 0.6 is 46.1 Å². The van der Waals surface area contributed by atoms with E-state index in [1.54, 1.807) is 30.3 Å². The number of hydrogen-bond donors (Lipinski definition) is 0. The Morgan fingerprint density at radius 3 is 2.41 bits per heavy atom. The first-order chi connectivity index (χ1) is 8.06. The Morgan fingerprint density at radius 1 is 1.06 bits per heavy atom. The Morgan fingerprint density at radius 2 is 1.82 bits per heavy atom. The maximum Gasteiger partial charge on any atom is 0.177 e. The van der Waals surface area contributed by atoms with Gasteiger partial charge in [0.15, 0.2) is 5.78 Å². The van der Waals surface area contributed by atoms with Crippen molar-refractivity contribution in [3.63, 3.8) is 0 Å². The van der Waals surface area contributed by atoms with Crippen LogP contribution in [0, 0.1) is 0 Å². The van der Waals surface area contributed by atoms with Crippen LogP contribution in [0.1, 0.15) is 15.2 Å². The standard InChI is InChI=1S/C12H7Cl3OS/c13-8-2-1-7(5-9(8)14)6-10(16)11-3-4-12(15)17-11/h1-5H,6H2. The van der Waals surface area contributed by atoms with E-state index in [0.29, 0.717) is 25.7 Å². The van der Waals surface area contributed by atoms with E-state index in [1.165, 1.54) is 11.3 Å². The molecule has 0 bridgehead atoms. The Kier molecular flexibility index (Phi) is 4.10. The highest BCUT2D eigenvalue weighted by molar-refractivity contribution is 7.18. The molecule has 5 heteroatoms. The number of rotatable bonds is 3. The lowest BCUT2D eigenvalue weighted by atomic mass is 10.1. The molecule has 0 aliphatic carbocycles. The molecule has 0 unspecified atom stereocenters. The summed E-state index contributed by atoms with van der Waals surface area (Å²) in [7, 11) is 0. The van der Waals surface area contributed by atoms with Crippen LogP contribution < -0.4 is 0 Å². The summed E-state index contributed by atoms with van der Waals surface area (Å²) < 4.78 is 0.613. The zero-order chi connectivity index (χ0) is 12.4. The second-order valence-electron chi connectivity index (χ2n) is 3.45. The van der Waals surface area contributed by atoms with Gasteiger partial charge in [-0.2, -0.15) is 0 Å². The predicted molar refractivity (Wildman–Crippen MR) is 73.8 cm³/mol. The largest absolute Gasteiger partial charge is 0.293 e. The van der Waals surface area contributed by atoms with Crippen LogP contribution in [0.25, 0.3) is 0 Å². The third kappa shape index (κ3) is 3.23. The van der Waals surface area contributed by atoms with Gasteiger partial charge in [-0.3, -0.25) is 4.79 Å². The molecule has 0 fully saturated rings. The Hall–Kier alpha value is -0.540. The third-order valence-corrected chi connectivity index (χ3v) is 4.21. The summed E-state index contributed by atoms with van der Waals surface area (Å²) in [6, 6.07) is 8.63. The van der Waals surface area contributed by atoms with E-state index in [9.17, 15) is 4.79 Å². The van der Waals surface area contributed by atoms with Gasteiger partial charge >= 0.3 is 0 Å². The van der Waals surface area contributed by atoms with E-state index in [4.69, 9.17) is 34.8 Å². The van der Waals surface area contributed by atoms with E-state index in [0.717, 1.165) is 5.56 Å². The molecule has 1 aromatic carbocycles. The number of benzene rings is 1. The van der Waals surface area contributed by atoms with Crippen LogP contribution in [0.5, 0.6) is 0 Å². The highest BCUT2D eigenvalue weighted by atomic mass is 35.5. The first-order valence-corrected chi connectivity index (χ1v) is 6.74. The summed E-state index contributed by atoms with van der Waals surface area (Å²) >= 11 is 18.8. The first kappa shape index (κ1) is 12.9. The van der Waals surface area contributed by atoms with Gasteiger partial charge in [-0.1, -0.05) is 40.9 Å². The van der Waals surface area contributed by atoms with Crippen molar-refractivity contribution in [1.29, 1.82) is 0 Å². The minimum absolute atomic E-state index is 0.0280. The Labute approximate surface area is 118 Å². The van der Waals surface area contributed by atoms with Gasteiger partial charge in [0.2, 0.25) is 0 Å². The molecule has 88 valence electrons. The Balaban J connectivity index is 2.15. The van der Waals surface area contributed by atoms with Gasteiger partial charge in [0.25, 0.3) is 0 Å². The van der Waals surface area contributed by atoms with E-state index in [-0.39, 0.29) is 5.78 Å². The number of ketones is 1. The molecule has 0 N–H and O–H groups in total. The summed E-state index contributed by atoms with van der Waals surface area (Å²) in [5.41, 5.74) is 0.842. The number of thiophene rings is 1. The minimum atomic E-state index is 0.0280. The van der Waals surface area contributed by atoms with Crippen molar-refractivity contribution in [2.45, 2.75) is 6.42 Å². The molecule has 0 spiro atoms. The fourth-order valence-electron chi connectivity index (χ4n) is 1.39. The molecule has 1 nitrogen and oxygen atoms in total. The predicted octanol–water partition coefficient (Wildman–Crippen LogP) is 5.13. The molecule has 0 aliphatic heterocycles. The second-order valence-corrected chi connectivity index (χ2v) is 5.98.